The molecule has 2 aromatic rings. The van der Waals surface area contributed by atoms with Gasteiger partial charge < -0.3 is 9.64 Å². The number of carbonyl (C=O) groups is 1. The first-order valence-electron chi connectivity index (χ1n) is 6.84. The average Bonchev–Trinajstić information content (AvgIpc) is 2.54. The quantitative estimate of drug-likeness (QED) is 0.835. The van der Waals surface area contributed by atoms with Crippen molar-refractivity contribution < 1.29 is 9.53 Å². The highest BCUT2D eigenvalue weighted by Gasteiger charge is 2.17. The second kappa shape index (κ2) is 5.37. The summed E-state index contributed by atoms with van der Waals surface area (Å²) < 4.78 is 5.58. The van der Waals surface area contributed by atoms with E-state index in [1.807, 2.05) is 48.5 Å². The number of nitrogens with zero attached hydrogens (tertiary/aromatic N) is 1. The van der Waals surface area contributed by atoms with E-state index in [1.54, 1.807) is 11.9 Å². The maximum atomic E-state index is 12.5. The summed E-state index contributed by atoms with van der Waals surface area (Å²) in [7, 11) is 1.80. The minimum atomic E-state index is 0.00423. The molecule has 1 aliphatic rings. The first kappa shape index (κ1) is 12.7. The van der Waals surface area contributed by atoms with Gasteiger partial charge in [0.25, 0.3) is 5.91 Å². The number of carbonyl (C=O) groups excluding carboxylic acids is 1. The maximum Gasteiger partial charge on any atom is 0.258 e. The van der Waals surface area contributed by atoms with Gasteiger partial charge in [-0.2, -0.15) is 0 Å². The summed E-state index contributed by atoms with van der Waals surface area (Å²) in [5, 5.41) is 0. The number of benzene rings is 2. The van der Waals surface area contributed by atoms with Gasteiger partial charge in [0.2, 0.25) is 0 Å². The van der Waals surface area contributed by atoms with Crippen LogP contribution in [-0.4, -0.2) is 19.6 Å². The maximum absolute atomic E-state index is 12.5. The molecule has 0 radical (unpaired) electrons. The fourth-order valence-electron chi connectivity index (χ4n) is 2.46. The van der Waals surface area contributed by atoms with Crippen LogP contribution in [0.15, 0.2) is 48.5 Å². The molecule has 20 heavy (non-hydrogen) atoms. The molecule has 102 valence electrons. The van der Waals surface area contributed by atoms with Crippen LogP contribution in [0.3, 0.4) is 0 Å². The number of rotatable bonds is 2. The molecular weight excluding hydrogens is 250 g/mol. The highest BCUT2D eigenvalue weighted by atomic mass is 16.5. The molecule has 0 spiro atoms. The minimum absolute atomic E-state index is 0.00423. The van der Waals surface area contributed by atoms with Gasteiger partial charge in [-0.3, -0.25) is 4.79 Å². The number of ether oxygens (including phenoxy) is 1. The minimum Gasteiger partial charge on any atom is -0.493 e. The Morgan fingerprint density at radius 3 is 2.75 bits per heavy atom. The Labute approximate surface area is 118 Å². The summed E-state index contributed by atoms with van der Waals surface area (Å²) in [6.07, 6.45) is 1.99. The molecule has 3 heteroatoms. The van der Waals surface area contributed by atoms with Gasteiger partial charge in [0.05, 0.1) is 6.61 Å². The van der Waals surface area contributed by atoms with Crippen LogP contribution in [0, 0.1) is 0 Å². The zero-order valence-electron chi connectivity index (χ0n) is 11.5. The summed E-state index contributed by atoms with van der Waals surface area (Å²) in [5.74, 6) is 0.916. The van der Waals surface area contributed by atoms with Gasteiger partial charge in [-0.25, -0.2) is 0 Å². The van der Waals surface area contributed by atoms with E-state index < -0.39 is 0 Å². The number of hydrogen-bond donors (Lipinski definition) is 0. The molecule has 0 N–H and O–H groups in total. The lowest BCUT2D eigenvalue weighted by Crippen LogP contribution is -2.26. The molecule has 0 saturated heterocycles. The molecule has 0 aliphatic carbocycles. The molecule has 3 nitrogen and oxygen atoms in total. The highest BCUT2D eigenvalue weighted by molar-refractivity contribution is 6.05. The molecule has 1 aliphatic heterocycles. The van der Waals surface area contributed by atoms with E-state index >= 15 is 0 Å². The van der Waals surface area contributed by atoms with Crippen molar-refractivity contribution in [2.24, 2.45) is 0 Å². The Kier molecular flexibility index (Phi) is 3.42. The van der Waals surface area contributed by atoms with Crippen LogP contribution in [-0.2, 0) is 6.42 Å². The number of hydrogen-bond acceptors (Lipinski definition) is 2. The Balaban J connectivity index is 1.87. The highest BCUT2D eigenvalue weighted by Crippen LogP contribution is 2.26. The monoisotopic (exact) mass is 267 g/mol. The zero-order chi connectivity index (χ0) is 13.9. The lowest BCUT2D eigenvalue weighted by molar-refractivity contribution is 0.0993. The molecule has 1 amide bonds. The van der Waals surface area contributed by atoms with Crippen molar-refractivity contribution in [3.8, 4) is 5.75 Å². The number of aryl methyl sites for hydroxylation is 1. The first-order valence-corrected chi connectivity index (χ1v) is 6.84. The topological polar surface area (TPSA) is 29.5 Å². The Morgan fingerprint density at radius 1 is 1.15 bits per heavy atom. The van der Waals surface area contributed by atoms with Crippen LogP contribution in [0.4, 0.5) is 5.69 Å². The third-order valence-corrected chi connectivity index (χ3v) is 3.60. The van der Waals surface area contributed by atoms with E-state index in [0.29, 0.717) is 5.56 Å². The van der Waals surface area contributed by atoms with Crippen LogP contribution in [0.2, 0.25) is 0 Å². The zero-order valence-corrected chi connectivity index (χ0v) is 11.5. The van der Waals surface area contributed by atoms with E-state index in [9.17, 15) is 4.79 Å². The average molecular weight is 267 g/mol. The van der Waals surface area contributed by atoms with Crippen LogP contribution in [0.5, 0.6) is 5.75 Å². The number of amides is 1. The van der Waals surface area contributed by atoms with Gasteiger partial charge in [0.1, 0.15) is 5.75 Å². The Morgan fingerprint density at radius 2 is 1.95 bits per heavy atom. The molecule has 0 atom stereocenters. The van der Waals surface area contributed by atoms with E-state index in [4.69, 9.17) is 4.74 Å². The molecule has 0 aromatic heterocycles. The normalized spacial score (nSPS) is 13.2. The van der Waals surface area contributed by atoms with Gasteiger partial charge in [-0.15, -0.1) is 0 Å². The summed E-state index contributed by atoms with van der Waals surface area (Å²) in [6.45, 7) is 0.768. The molecule has 3 rings (SSSR count). The largest absolute Gasteiger partial charge is 0.493 e. The summed E-state index contributed by atoms with van der Waals surface area (Å²) in [5.41, 5.74) is 2.73. The molecule has 0 unspecified atom stereocenters. The molecule has 1 heterocycles. The van der Waals surface area contributed by atoms with Crippen molar-refractivity contribution in [3.63, 3.8) is 0 Å². The summed E-state index contributed by atoms with van der Waals surface area (Å²) >= 11 is 0. The van der Waals surface area contributed by atoms with E-state index in [1.165, 1.54) is 0 Å². The predicted molar refractivity (Wildman–Crippen MR) is 79.4 cm³/mol. The fourth-order valence-corrected chi connectivity index (χ4v) is 2.46. The third-order valence-electron chi connectivity index (χ3n) is 3.60. The molecule has 0 saturated carbocycles. The standard InChI is InChI=1S/C17H17NO2/c1-18(15-7-3-2-4-8-15)17(19)14-9-10-16-13(12-14)6-5-11-20-16/h2-4,7-10,12H,5-6,11H2,1H3. The van der Waals surface area contributed by atoms with Crippen molar-refractivity contribution >= 4 is 11.6 Å². The second-order valence-corrected chi connectivity index (χ2v) is 4.97. The van der Waals surface area contributed by atoms with Crippen LogP contribution in [0.25, 0.3) is 0 Å². The van der Waals surface area contributed by atoms with Gasteiger partial charge in [-0.1, -0.05) is 18.2 Å². The van der Waals surface area contributed by atoms with Crippen LogP contribution in [0.1, 0.15) is 22.3 Å². The summed E-state index contributed by atoms with van der Waals surface area (Å²) in [4.78, 5) is 14.2. The van der Waals surface area contributed by atoms with E-state index in [0.717, 1.165) is 36.4 Å². The Bertz CT molecular complexity index is 622. The van der Waals surface area contributed by atoms with Gasteiger partial charge in [-0.05, 0) is 48.7 Å². The number of fused-ring (bicyclic) bond motifs is 1. The molecule has 2 aromatic carbocycles. The van der Waals surface area contributed by atoms with E-state index in [2.05, 4.69) is 0 Å². The van der Waals surface area contributed by atoms with Gasteiger partial charge in [0, 0.05) is 18.3 Å². The van der Waals surface area contributed by atoms with Gasteiger partial charge in [0.15, 0.2) is 0 Å². The molecule has 0 fully saturated rings. The Hall–Kier alpha value is -2.29. The first-order chi connectivity index (χ1) is 9.75. The number of anilines is 1. The lowest BCUT2D eigenvalue weighted by atomic mass is 10.0. The van der Waals surface area contributed by atoms with Crippen molar-refractivity contribution in [1.82, 2.24) is 0 Å². The van der Waals surface area contributed by atoms with Crippen molar-refractivity contribution in [1.29, 1.82) is 0 Å². The smallest absolute Gasteiger partial charge is 0.258 e. The second-order valence-electron chi connectivity index (χ2n) is 4.97. The van der Waals surface area contributed by atoms with E-state index in [-0.39, 0.29) is 5.91 Å². The van der Waals surface area contributed by atoms with Gasteiger partial charge >= 0.3 is 0 Å². The van der Waals surface area contributed by atoms with Crippen LogP contribution < -0.4 is 9.64 Å². The number of para-hydroxylation sites is 1. The van der Waals surface area contributed by atoms with Crippen molar-refractivity contribution in [3.05, 3.63) is 59.7 Å². The lowest BCUT2D eigenvalue weighted by Gasteiger charge is -2.20. The molecule has 0 bridgehead atoms. The molecular formula is C17H17NO2. The third kappa shape index (κ3) is 2.39. The summed E-state index contributed by atoms with van der Waals surface area (Å²) in [6, 6.07) is 15.4. The van der Waals surface area contributed by atoms with Crippen LogP contribution >= 0.6 is 0 Å². The fraction of sp³-hybridized carbons (Fsp3) is 0.235. The SMILES string of the molecule is CN(C(=O)c1ccc2c(c1)CCCO2)c1ccccc1. The van der Waals surface area contributed by atoms with Crippen molar-refractivity contribution in [2.45, 2.75) is 12.8 Å². The van der Waals surface area contributed by atoms with Crippen molar-refractivity contribution in [2.75, 3.05) is 18.6 Å². The predicted octanol–water partition coefficient (Wildman–Crippen LogP) is 3.29.